The van der Waals surface area contributed by atoms with Gasteiger partial charge in [0, 0.05) is 0 Å². The maximum Gasteiger partial charge on any atom is 0.310 e. The highest BCUT2D eigenvalue weighted by Crippen LogP contribution is 2.43. The SMILES string of the molecule is CC1(C(=O)O)CCCC1C(=O)O. The molecular weight excluding hydrogens is 160 g/mol. The summed E-state index contributed by atoms with van der Waals surface area (Å²) in [6.07, 6.45) is 1.65. The third-order valence-corrected chi connectivity index (χ3v) is 2.74. The Morgan fingerprint density at radius 1 is 1.42 bits per heavy atom. The van der Waals surface area contributed by atoms with E-state index in [9.17, 15) is 9.59 Å². The van der Waals surface area contributed by atoms with Gasteiger partial charge in [0.05, 0.1) is 11.3 Å². The number of aliphatic carboxylic acids is 2. The van der Waals surface area contributed by atoms with Gasteiger partial charge in [-0.25, -0.2) is 0 Å². The molecule has 1 aliphatic rings. The van der Waals surface area contributed by atoms with E-state index in [2.05, 4.69) is 0 Å². The molecule has 0 bridgehead atoms. The number of hydrogen-bond acceptors (Lipinski definition) is 2. The van der Waals surface area contributed by atoms with Crippen LogP contribution in [-0.2, 0) is 9.59 Å². The van der Waals surface area contributed by atoms with Crippen LogP contribution in [-0.4, -0.2) is 22.2 Å². The van der Waals surface area contributed by atoms with Crippen LogP contribution in [0.1, 0.15) is 26.2 Å². The number of carbonyl (C=O) groups is 2. The van der Waals surface area contributed by atoms with Crippen LogP contribution in [0.4, 0.5) is 0 Å². The fourth-order valence-corrected chi connectivity index (χ4v) is 1.82. The average Bonchev–Trinajstić information content (AvgIpc) is 2.32. The van der Waals surface area contributed by atoms with Gasteiger partial charge in [0.25, 0.3) is 0 Å². The van der Waals surface area contributed by atoms with Crippen LogP contribution < -0.4 is 0 Å². The van der Waals surface area contributed by atoms with E-state index >= 15 is 0 Å². The first-order chi connectivity index (χ1) is 5.48. The molecule has 0 spiro atoms. The van der Waals surface area contributed by atoms with E-state index in [1.807, 2.05) is 0 Å². The lowest BCUT2D eigenvalue weighted by Gasteiger charge is -2.22. The van der Waals surface area contributed by atoms with Gasteiger partial charge in [-0.15, -0.1) is 0 Å². The molecule has 0 aliphatic heterocycles. The molecule has 2 unspecified atom stereocenters. The van der Waals surface area contributed by atoms with Crippen molar-refractivity contribution in [1.82, 2.24) is 0 Å². The second-order valence-corrected chi connectivity index (χ2v) is 3.51. The zero-order chi connectivity index (χ0) is 9.35. The highest BCUT2D eigenvalue weighted by Gasteiger charge is 2.48. The molecule has 1 rings (SSSR count). The Kier molecular flexibility index (Phi) is 2.08. The van der Waals surface area contributed by atoms with Crippen LogP contribution in [0.25, 0.3) is 0 Å². The molecule has 4 heteroatoms. The van der Waals surface area contributed by atoms with Crippen molar-refractivity contribution in [3.05, 3.63) is 0 Å². The van der Waals surface area contributed by atoms with Crippen LogP contribution in [0.5, 0.6) is 0 Å². The Morgan fingerprint density at radius 2 is 2.00 bits per heavy atom. The summed E-state index contributed by atoms with van der Waals surface area (Å²) >= 11 is 0. The largest absolute Gasteiger partial charge is 0.481 e. The van der Waals surface area contributed by atoms with Gasteiger partial charge < -0.3 is 10.2 Å². The Labute approximate surface area is 70.2 Å². The van der Waals surface area contributed by atoms with Crippen molar-refractivity contribution in [2.24, 2.45) is 11.3 Å². The molecule has 0 aromatic rings. The third-order valence-electron chi connectivity index (χ3n) is 2.74. The standard InChI is InChI=1S/C8H12O4/c1-8(7(11)12)4-2-3-5(8)6(9)10/h5H,2-4H2,1H3,(H,9,10)(H,11,12). The summed E-state index contributed by atoms with van der Waals surface area (Å²) < 4.78 is 0. The summed E-state index contributed by atoms with van der Waals surface area (Å²) in [5.41, 5.74) is -1.05. The van der Waals surface area contributed by atoms with Crippen molar-refractivity contribution in [2.45, 2.75) is 26.2 Å². The Balaban J connectivity index is 2.89. The van der Waals surface area contributed by atoms with Gasteiger partial charge in [0.15, 0.2) is 0 Å². The maximum absolute atomic E-state index is 10.8. The van der Waals surface area contributed by atoms with E-state index in [1.165, 1.54) is 6.92 Å². The van der Waals surface area contributed by atoms with E-state index in [0.717, 1.165) is 0 Å². The van der Waals surface area contributed by atoms with E-state index in [-0.39, 0.29) is 0 Å². The number of rotatable bonds is 2. The lowest BCUT2D eigenvalue weighted by Crippen LogP contribution is -2.35. The maximum atomic E-state index is 10.8. The second-order valence-electron chi connectivity index (χ2n) is 3.51. The highest BCUT2D eigenvalue weighted by molar-refractivity contribution is 5.83. The molecule has 12 heavy (non-hydrogen) atoms. The molecule has 1 saturated carbocycles. The molecule has 0 aromatic heterocycles. The molecule has 4 nitrogen and oxygen atoms in total. The fraction of sp³-hybridized carbons (Fsp3) is 0.750. The van der Waals surface area contributed by atoms with Crippen molar-refractivity contribution in [3.8, 4) is 0 Å². The van der Waals surface area contributed by atoms with Gasteiger partial charge in [-0.3, -0.25) is 9.59 Å². The minimum absolute atomic E-state index is 0.472. The van der Waals surface area contributed by atoms with Gasteiger partial charge in [-0.1, -0.05) is 6.42 Å². The molecule has 2 N–H and O–H groups in total. The highest BCUT2D eigenvalue weighted by atomic mass is 16.4. The van der Waals surface area contributed by atoms with E-state index in [4.69, 9.17) is 10.2 Å². The summed E-state index contributed by atoms with van der Waals surface area (Å²) in [5, 5.41) is 17.6. The molecule has 0 aromatic carbocycles. The van der Waals surface area contributed by atoms with Gasteiger partial charge in [0.2, 0.25) is 0 Å². The Bertz CT molecular complexity index is 223. The summed E-state index contributed by atoms with van der Waals surface area (Å²) in [6, 6.07) is 0. The first-order valence-electron chi connectivity index (χ1n) is 3.94. The van der Waals surface area contributed by atoms with Crippen molar-refractivity contribution in [3.63, 3.8) is 0 Å². The van der Waals surface area contributed by atoms with Crippen LogP contribution >= 0.6 is 0 Å². The smallest absolute Gasteiger partial charge is 0.310 e. The summed E-state index contributed by atoms with van der Waals surface area (Å²) in [7, 11) is 0. The average molecular weight is 172 g/mol. The molecule has 0 radical (unpaired) electrons. The molecule has 68 valence electrons. The van der Waals surface area contributed by atoms with E-state index < -0.39 is 23.3 Å². The number of carboxylic acid groups (broad SMARTS) is 2. The van der Waals surface area contributed by atoms with Crippen LogP contribution in [0.2, 0.25) is 0 Å². The normalized spacial score (nSPS) is 34.9. The predicted octanol–water partition coefficient (Wildman–Crippen LogP) is 0.962. The van der Waals surface area contributed by atoms with E-state index in [0.29, 0.717) is 19.3 Å². The zero-order valence-corrected chi connectivity index (χ0v) is 6.91. The Hall–Kier alpha value is -1.06. The van der Waals surface area contributed by atoms with Crippen molar-refractivity contribution in [1.29, 1.82) is 0 Å². The molecular formula is C8H12O4. The zero-order valence-electron chi connectivity index (χ0n) is 6.91. The molecule has 2 atom stereocenters. The molecule has 0 amide bonds. The second kappa shape index (κ2) is 2.77. The van der Waals surface area contributed by atoms with Crippen LogP contribution in [0.15, 0.2) is 0 Å². The minimum Gasteiger partial charge on any atom is -0.481 e. The minimum atomic E-state index is -1.05. The van der Waals surface area contributed by atoms with E-state index in [1.54, 1.807) is 0 Å². The fourth-order valence-electron chi connectivity index (χ4n) is 1.82. The molecule has 1 aliphatic carbocycles. The lowest BCUT2D eigenvalue weighted by molar-refractivity contribution is -0.159. The van der Waals surface area contributed by atoms with Crippen LogP contribution in [0.3, 0.4) is 0 Å². The van der Waals surface area contributed by atoms with Crippen molar-refractivity contribution in [2.75, 3.05) is 0 Å². The molecule has 0 heterocycles. The monoisotopic (exact) mass is 172 g/mol. The van der Waals surface area contributed by atoms with Crippen LogP contribution in [0, 0.1) is 11.3 Å². The quantitative estimate of drug-likeness (QED) is 0.650. The lowest BCUT2D eigenvalue weighted by atomic mass is 9.80. The topological polar surface area (TPSA) is 74.6 Å². The molecule has 1 fully saturated rings. The number of hydrogen-bond donors (Lipinski definition) is 2. The van der Waals surface area contributed by atoms with Gasteiger partial charge in [0.1, 0.15) is 0 Å². The summed E-state index contributed by atoms with van der Waals surface area (Å²) in [4.78, 5) is 21.4. The predicted molar refractivity (Wildman–Crippen MR) is 40.7 cm³/mol. The van der Waals surface area contributed by atoms with Crippen molar-refractivity contribution < 1.29 is 19.8 Å². The van der Waals surface area contributed by atoms with Crippen molar-refractivity contribution >= 4 is 11.9 Å². The first-order valence-corrected chi connectivity index (χ1v) is 3.94. The summed E-state index contributed by atoms with van der Waals surface area (Å²) in [5.74, 6) is -2.69. The third kappa shape index (κ3) is 1.17. The molecule has 0 saturated heterocycles. The van der Waals surface area contributed by atoms with Gasteiger partial charge in [-0.05, 0) is 19.8 Å². The first kappa shape index (κ1) is 9.03. The Morgan fingerprint density at radius 3 is 2.33 bits per heavy atom. The van der Waals surface area contributed by atoms with Gasteiger partial charge >= 0.3 is 11.9 Å². The summed E-state index contributed by atoms with van der Waals surface area (Å²) in [6.45, 7) is 1.52. The van der Waals surface area contributed by atoms with Gasteiger partial charge in [-0.2, -0.15) is 0 Å². The number of carboxylic acids is 2.